The number of nitrogens with zero attached hydrogens (tertiary/aromatic N) is 1. The second kappa shape index (κ2) is 8.51. The van der Waals surface area contributed by atoms with Gasteiger partial charge in [-0.2, -0.15) is 12.7 Å². The molecule has 5 rings (SSSR count). The Labute approximate surface area is 203 Å². The summed E-state index contributed by atoms with van der Waals surface area (Å²) in [4.78, 5) is -0.0563. The average molecular weight is 532 g/mol. The highest BCUT2D eigenvalue weighted by Crippen LogP contribution is 2.52. The first kappa shape index (κ1) is 24.1. The maximum absolute atomic E-state index is 15.1. The second-order valence-electron chi connectivity index (χ2n) is 9.33. The first-order chi connectivity index (χ1) is 16.0. The zero-order valence-corrected chi connectivity index (χ0v) is 20.6. The molecule has 11 heteroatoms. The first-order valence-corrected chi connectivity index (χ1v) is 14.4. The van der Waals surface area contributed by atoms with Crippen molar-refractivity contribution in [3.05, 3.63) is 64.7 Å². The van der Waals surface area contributed by atoms with Crippen LogP contribution in [-0.2, 0) is 29.1 Å². The molecule has 2 saturated carbocycles. The Hall–Kier alpha value is -1.59. The van der Waals surface area contributed by atoms with Gasteiger partial charge in [-0.05, 0) is 74.6 Å². The predicted octanol–water partition coefficient (Wildman–Crippen LogP) is 4.59. The smallest absolute Gasteiger partial charge is 0.254 e. The molecule has 0 radical (unpaired) electrons. The number of rotatable bonds is 4. The van der Waals surface area contributed by atoms with Gasteiger partial charge in [0, 0.05) is 29.1 Å². The lowest BCUT2D eigenvalue weighted by Crippen LogP contribution is -2.58. The van der Waals surface area contributed by atoms with Gasteiger partial charge in [-0.1, -0.05) is 18.0 Å². The lowest BCUT2D eigenvalue weighted by molar-refractivity contribution is 0.0124. The summed E-state index contributed by atoms with van der Waals surface area (Å²) in [7, 11) is -8.16. The van der Waals surface area contributed by atoms with E-state index in [-0.39, 0.29) is 42.3 Å². The van der Waals surface area contributed by atoms with Gasteiger partial charge in [-0.3, -0.25) is 4.18 Å². The molecule has 1 heterocycles. The van der Waals surface area contributed by atoms with E-state index in [1.807, 2.05) is 0 Å². The van der Waals surface area contributed by atoms with Crippen molar-refractivity contribution < 1.29 is 29.8 Å². The quantitative estimate of drug-likeness (QED) is 0.576. The lowest BCUT2D eigenvalue weighted by atomic mass is 9.75. The lowest BCUT2D eigenvalue weighted by Gasteiger charge is -2.49. The molecule has 184 valence electrons. The minimum absolute atomic E-state index is 0.0563. The van der Waals surface area contributed by atoms with E-state index in [0.717, 1.165) is 24.6 Å². The monoisotopic (exact) mass is 531 g/mol. The number of benzene rings is 2. The van der Waals surface area contributed by atoms with Gasteiger partial charge >= 0.3 is 10.3 Å². The van der Waals surface area contributed by atoms with Crippen LogP contribution >= 0.6 is 11.6 Å². The maximum atomic E-state index is 15.1. The van der Waals surface area contributed by atoms with Gasteiger partial charge in [0.15, 0.2) is 9.84 Å². The number of halogens is 3. The number of hydrogen-bond acceptors (Lipinski definition) is 5. The van der Waals surface area contributed by atoms with E-state index >= 15 is 4.39 Å². The molecule has 2 aromatic carbocycles. The Bertz CT molecular complexity index is 1320. The zero-order chi connectivity index (χ0) is 24.3. The molecule has 3 fully saturated rings. The fraction of sp³-hybridized carbons (Fsp3) is 0.478. The first-order valence-electron chi connectivity index (χ1n) is 11.2. The highest BCUT2D eigenvalue weighted by Gasteiger charge is 2.56. The molecule has 0 bridgehead atoms. The molecule has 0 amide bonds. The maximum Gasteiger partial charge on any atom is 0.338 e. The van der Waals surface area contributed by atoms with E-state index in [2.05, 4.69) is 0 Å². The Morgan fingerprint density at radius 1 is 1.06 bits per heavy atom. The van der Waals surface area contributed by atoms with E-state index < -0.39 is 48.5 Å². The molecule has 1 saturated heterocycles. The molecular formula is C23H24ClF2NO5S2. The molecule has 34 heavy (non-hydrogen) atoms. The molecule has 0 aromatic heterocycles. The zero-order valence-electron chi connectivity index (χ0n) is 18.2. The highest BCUT2D eigenvalue weighted by atomic mass is 35.5. The summed E-state index contributed by atoms with van der Waals surface area (Å²) in [6.07, 6.45) is 1.49. The summed E-state index contributed by atoms with van der Waals surface area (Å²) in [5, 5.41) is 0.343. The molecule has 1 aliphatic heterocycles. The number of fused-ring (bicyclic) bond motifs is 1. The molecule has 0 unspecified atom stereocenters. The molecule has 0 spiro atoms. The molecule has 0 N–H and O–H groups in total. The Kier molecular flexibility index (Phi) is 6.04. The van der Waals surface area contributed by atoms with Crippen molar-refractivity contribution in [3.8, 4) is 0 Å². The van der Waals surface area contributed by atoms with Crippen molar-refractivity contribution >= 4 is 31.7 Å². The summed E-state index contributed by atoms with van der Waals surface area (Å²) in [5.74, 6) is -2.07. The predicted molar refractivity (Wildman–Crippen MR) is 122 cm³/mol. The van der Waals surface area contributed by atoms with Gasteiger partial charge in [0.2, 0.25) is 0 Å². The third-order valence-corrected chi connectivity index (χ3v) is 11.7. The van der Waals surface area contributed by atoms with Crippen molar-refractivity contribution in [2.45, 2.75) is 60.3 Å². The fourth-order valence-corrected chi connectivity index (χ4v) is 9.40. The summed E-state index contributed by atoms with van der Waals surface area (Å²) in [6.45, 7) is 0.0898. The van der Waals surface area contributed by atoms with Crippen molar-refractivity contribution in [1.82, 2.24) is 4.31 Å². The standard InChI is InChI=1S/C23H24ClF2NO5S2/c24-16-4-7-19(8-5-16)33(28,29)23(20-12-17(25)6-9-21(20)26)11-10-22-15(13-23)14-27(18-2-1-3-18)34(30,31)32-22/h4-9,12,15,18,22H,1-3,10-11,13-14H2/t15-,22-,23+/m0/s1. The largest absolute Gasteiger partial charge is 0.338 e. The van der Waals surface area contributed by atoms with Crippen LogP contribution < -0.4 is 0 Å². The SMILES string of the molecule is O=S1(=O)O[C@H]2CC[C@@](c3cc(F)ccc3F)(S(=O)(=O)c3ccc(Cl)cc3)C[C@H]2CN1C1CCC1. The van der Waals surface area contributed by atoms with Crippen LogP contribution in [0.15, 0.2) is 47.4 Å². The Morgan fingerprint density at radius 3 is 2.41 bits per heavy atom. The van der Waals surface area contributed by atoms with Crippen LogP contribution in [0.4, 0.5) is 8.78 Å². The second-order valence-corrected chi connectivity index (χ2v) is 13.5. The minimum atomic E-state index is -4.23. The third kappa shape index (κ3) is 3.87. The Morgan fingerprint density at radius 2 is 1.76 bits per heavy atom. The van der Waals surface area contributed by atoms with Crippen LogP contribution in [0.3, 0.4) is 0 Å². The topological polar surface area (TPSA) is 80.8 Å². The van der Waals surface area contributed by atoms with Crippen LogP contribution in [0.1, 0.15) is 44.1 Å². The third-order valence-electron chi connectivity index (χ3n) is 7.44. The average Bonchev–Trinajstić information content (AvgIpc) is 2.74. The van der Waals surface area contributed by atoms with Crippen LogP contribution in [-0.4, -0.2) is 39.8 Å². The normalized spacial score (nSPS) is 29.9. The van der Waals surface area contributed by atoms with E-state index in [1.165, 1.54) is 28.6 Å². The Balaban J connectivity index is 1.61. The highest BCUT2D eigenvalue weighted by molar-refractivity contribution is 7.92. The van der Waals surface area contributed by atoms with Gasteiger partial charge < -0.3 is 0 Å². The molecule has 6 nitrogen and oxygen atoms in total. The van der Waals surface area contributed by atoms with Gasteiger partial charge in [0.1, 0.15) is 16.4 Å². The van der Waals surface area contributed by atoms with Crippen LogP contribution in [0, 0.1) is 17.6 Å². The van der Waals surface area contributed by atoms with E-state index in [0.29, 0.717) is 17.9 Å². The van der Waals surface area contributed by atoms with Gasteiger partial charge in [0.05, 0.1) is 11.0 Å². The van der Waals surface area contributed by atoms with Crippen LogP contribution in [0.5, 0.6) is 0 Å². The summed E-state index contributed by atoms with van der Waals surface area (Å²) in [5.41, 5.74) is -0.246. The molecule has 3 atom stereocenters. The minimum Gasteiger partial charge on any atom is -0.254 e. The van der Waals surface area contributed by atoms with Crippen LogP contribution in [0.25, 0.3) is 0 Å². The van der Waals surface area contributed by atoms with E-state index in [9.17, 15) is 21.2 Å². The molecule has 2 aliphatic carbocycles. The summed E-state index contributed by atoms with van der Waals surface area (Å²) < 4.78 is 88.0. The van der Waals surface area contributed by atoms with Crippen molar-refractivity contribution in [2.24, 2.45) is 5.92 Å². The van der Waals surface area contributed by atoms with Crippen LogP contribution in [0.2, 0.25) is 5.02 Å². The van der Waals surface area contributed by atoms with Crippen molar-refractivity contribution in [3.63, 3.8) is 0 Å². The summed E-state index contributed by atoms with van der Waals surface area (Å²) in [6, 6.07) is 8.21. The van der Waals surface area contributed by atoms with Crippen molar-refractivity contribution in [1.29, 1.82) is 0 Å². The van der Waals surface area contributed by atoms with E-state index in [4.69, 9.17) is 15.8 Å². The fourth-order valence-electron chi connectivity index (χ4n) is 5.44. The van der Waals surface area contributed by atoms with Gasteiger partial charge in [0.25, 0.3) is 0 Å². The van der Waals surface area contributed by atoms with Crippen molar-refractivity contribution in [2.75, 3.05) is 6.54 Å². The van der Waals surface area contributed by atoms with E-state index in [1.54, 1.807) is 0 Å². The summed E-state index contributed by atoms with van der Waals surface area (Å²) >= 11 is 5.94. The number of sulfone groups is 1. The number of hydrogen-bond donors (Lipinski definition) is 0. The molecule has 2 aromatic rings. The van der Waals surface area contributed by atoms with Gasteiger partial charge in [-0.25, -0.2) is 17.2 Å². The van der Waals surface area contributed by atoms with Gasteiger partial charge in [-0.15, -0.1) is 0 Å². The molecular weight excluding hydrogens is 508 g/mol. The molecule has 3 aliphatic rings.